The molecule has 0 bridgehead atoms. The van der Waals surface area contributed by atoms with E-state index in [0.29, 0.717) is 0 Å². The molecule has 2 aromatic rings. The molecule has 4 heteroatoms. The first-order valence-electron chi connectivity index (χ1n) is 5.31. The number of carbonyl (C=O) groups is 1. The Morgan fingerprint density at radius 2 is 2.18 bits per heavy atom. The summed E-state index contributed by atoms with van der Waals surface area (Å²) in [7, 11) is 0. The van der Waals surface area contributed by atoms with Crippen molar-refractivity contribution in [1.82, 2.24) is 10.2 Å². The monoisotopic (exact) mass is 227 g/mol. The van der Waals surface area contributed by atoms with Crippen LogP contribution in [-0.4, -0.2) is 16.1 Å². The zero-order valence-electron chi connectivity index (χ0n) is 9.26. The average Bonchev–Trinajstić information content (AvgIpc) is 2.82. The second-order valence-corrected chi connectivity index (χ2v) is 3.63. The van der Waals surface area contributed by atoms with E-state index in [0.717, 1.165) is 16.8 Å². The molecule has 0 radical (unpaired) electrons. The van der Waals surface area contributed by atoms with Gasteiger partial charge in [0.15, 0.2) is 0 Å². The highest BCUT2D eigenvalue weighted by atomic mass is 16.1. The lowest BCUT2D eigenvalue weighted by molar-refractivity contribution is -0.117. The van der Waals surface area contributed by atoms with Gasteiger partial charge in [0.05, 0.1) is 5.69 Å². The first-order valence-corrected chi connectivity index (χ1v) is 5.31. The van der Waals surface area contributed by atoms with Crippen LogP contribution in [0, 0.1) is 0 Å². The molecule has 86 valence electrons. The molecule has 0 spiro atoms. The fourth-order valence-corrected chi connectivity index (χ4v) is 1.60. The van der Waals surface area contributed by atoms with Gasteiger partial charge in [-0.2, -0.15) is 5.10 Å². The van der Waals surface area contributed by atoms with E-state index in [1.165, 1.54) is 0 Å². The van der Waals surface area contributed by atoms with Gasteiger partial charge in [-0.05, 0) is 11.6 Å². The van der Waals surface area contributed by atoms with Crippen molar-refractivity contribution < 1.29 is 4.79 Å². The van der Waals surface area contributed by atoms with E-state index in [1.807, 2.05) is 36.4 Å². The topological polar surface area (TPSA) is 71.8 Å². The fraction of sp³-hybridized carbons (Fsp3) is 0.0769. The minimum atomic E-state index is -0.333. The Kier molecular flexibility index (Phi) is 3.35. The number of hydrogen-bond acceptors (Lipinski definition) is 2. The number of primary amides is 1. The zero-order valence-corrected chi connectivity index (χ0v) is 9.26. The molecule has 1 amide bonds. The predicted octanol–water partition coefficient (Wildman–Crippen LogP) is 1.97. The third-order valence-corrected chi connectivity index (χ3v) is 2.37. The second kappa shape index (κ2) is 5.12. The first-order chi connectivity index (χ1) is 8.27. The minimum absolute atomic E-state index is 0.247. The van der Waals surface area contributed by atoms with Crippen molar-refractivity contribution >= 4 is 12.0 Å². The number of nitrogens with one attached hydrogen (secondary N) is 1. The smallest absolute Gasteiger partial charge is 0.221 e. The van der Waals surface area contributed by atoms with Gasteiger partial charge in [0.1, 0.15) is 0 Å². The first kappa shape index (κ1) is 11.1. The lowest BCUT2D eigenvalue weighted by Gasteiger charge is -2.02. The summed E-state index contributed by atoms with van der Waals surface area (Å²) in [6.45, 7) is 0. The van der Waals surface area contributed by atoms with E-state index >= 15 is 0 Å². The number of aromatic nitrogens is 2. The molecule has 1 aromatic heterocycles. The van der Waals surface area contributed by atoms with Crippen LogP contribution in [0.2, 0.25) is 0 Å². The van der Waals surface area contributed by atoms with Crippen LogP contribution in [-0.2, 0) is 4.79 Å². The minimum Gasteiger partial charge on any atom is -0.369 e. The van der Waals surface area contributed by atoms with Crippen molar-refractivity contribution in [2.24, 2.45) is 5.73 Å². The Morgan fingerprint density at radius 3 is 2.88 bits per heavy atom. The number of nitrogens with zero attached hydrogens (tertiary/aromatic N) is 1. The Labute approximate surface area is 99.2 Å². The molecule has 3 N–H and O–H groups in total. The third-order valence-electron chi connectivity index (χ3n) is 2.37. The van der Waals surface area contributed by atoms with Gasteiger partial charge >= 0.3 is 0 Å². The maximum atomic E-state index is 10.7. The number of carbonyl (C=O) groups excluding carboxylic acids is 1. The van der Waals surface area contributed by atoms with Gasteiger partial charge < -0.3 is 5.73 Å². The Balaban J connectivity index is 2.28. The van der Waals surface area contributed by atoms with Crippen LogP contribution >= 0.6 is 0 Å². The predicted molar refractivity (Wildman–Crippen MR) is 66.9 cm³/mol. The van der Waals surface area contributed by atoms with Crippen molar-refractivity contribution in [3.63, 3.8) is 0 Å². The number of H-pyrrole nitrogens is 1. The number of benzene rings is 1. The summed E-state index contributed by atoms with van der Waals surface area (Å²) < 4.78 is 0. The SMILES string of the molecule is NC(=O)CC=Cc1ccccc1-c1ccn[nH]1. The second-order valence-electron chi connectivity index (χ2n) is 3.63. The lowest BCUT2D eigenvalue weighted by atomic mass is 10.0. The summed E-state index contributed by atoms with van der Waals surface area (Å²) in [5.41, 5.74) is 8.10. The van der Waals surface area contributed by atoms with Crippen LogP contribution in [0.5, 0.6) is 0 Å². The summed E-state index contributed by atoms with van der Waals surface area (Å²) in [6, 6.07) is 9.79. The standard InChI is InChI=1S/C13H13N3O/c14-13(17)7-3-5-10-4-1-2-6-11(10)12-8-9-15-16-12/h1-6,8-9H,7H2,(H2,14,17)(H,15,16). The quantitative estimate of drug-likeness (QED) is 0.838. The number of aromatic amines is 1. The van der Waals surface area contributed by atoms with Crippen molar-refractivity contribution in [3.8, 4) is 11.3 Å². The maximum Gasteiger partial charge on any atom is 0.221 e. The molecule has 1 aromatic carbocycles. The third kappa shape index (κ3) is 2.81. The Bertz CT molecular complexity index is 529. The maximum absolute atomic E-state index is 10.7. The van der Waals surface area contributed by atoms with Gasteiger partial charge in [-0.1, -0.05) is 36.4 Å². The van der Waals surface area contributed by atoms with Gasteiger partial charge in [-0.15, -0.1) is 0 Å². The number of hydrogen-bond donors (Lipinski definition) is 2. The summed E-state index contributed by atoms with van der Waals surface area (Å²) in [5.74, 6) is -0.333. The normalized spacial score (nSPS) is 10.8. The number of nitrogens with two attached hydrogens (primary N) is 1. The van der Waals surface area contributed by atoms with Crippen LogP contribution < -0.4 is 5.73 Å². The summed E-state index contributed by atoms with van der Waals surface area (Å²) >= 11 is 0. The van der Waals surface area contributed by atoms with Gasteiger partial charge in [0.2, 0.25) is 5.91 Å². The average molecular weight is 227 g/mol. The van der Waals surface area contributed by atoms with E-state index in [9.17, 15) is 4.79 Å². The molecule has 1 heterocycles. The molecule has 0 saturated heterocycles. The van der Waals surface area contributed by atoms with E-state index in [4.69, 9.17) is 5.73 Å². The largest absolute Gasteiger partial charge is 0.369 e. The van der Waals surface area contributed by atoms with Crippen LogP contribution in [0.1, 0.15) is 12.0 Å². The summed E-state index contributed by atoms with van der Waals surface area (Å²) in [5, 5.41) is 6.84. The molecule has 4 nitrogen and oxygen atoms in total. The summed E-state index contributed by atoms with van der Waals surface area (Å²) in [6.07, 6.45) is 5.61. The van der Waals surface area contributed by atoms with Crippen molar-refractivity contribution in [3.05, 3.63) is 48.2 Å². The molecule has 2 rings (SSSR count). The number of amides is 1. The van der Waals surface area contributed by atoms with Crippen molar-refractivity contribution in [2.45, 2.75) is 6.42 Å². The molecular weight excluding hydrogens is 214 g/mol. The molecular formula is C13H13N3O. The van der Waals surface area contributed by atoms with Crippen LogP contribution in [0.3, 0.4) is 0 Å². The zero-order chi connectivity index (χ0) is 12.1. The Morgan fingerprint density at radius 1 is 1.35 bits per heavy atom. The molecule has 0 unspecified atom stereocenters. The van der Waals surface area contributed by atoms with Crippen LogP contribution in [0.4, 0.5) is 0 Å². The van der Waals surface area contributed by atoms with Gasteiger partial charge in [-0.25, -0.2) is 0 Å². The molecule has 0 saturated carbocycles. The van der Waals surface area contributed by atoms with E-state index in [1.54, 1.807) is 12.3 Å². The van der Waals surface area contributed by atoms with E-state index in [-0.39, 0.29) is 12.3 Å². The van der Waals surface area contributed by atoms with Gasteiger partial charge in [-0.3, -0.25) is 9.89 Å². The van der Waals surface area contributed by atoms with Crippen LogP contribution in [0.15, 0.2) is 42.6 Å². The van der Waals surface area contributed by atoms with E-state index < -0.39 is 0 Å². The molecule has 0 fully saturated rings. The van der Waals surface area contributed by atoms with Crippen molar-refractivity contribution in [1.29, 1.82) is 0 Å². The fourth-order valence-electron chi connectivity index (χ4n) is 1.60. The molecule has 0 atom stereocenters. The highest BCUT2D eigenvalue weighted by Crippen LogP contribution is 2.22. The highest BCUT2D eigenvalue weighted by Gasteiger charge is 2.02. The van der Waals surface area contributed by atoms with Gasteiger partial charge in [0, 0.05) is 18.2 Å². The lowest BCUT2D eigenvalue weighted by Crippen LogP contribution is -2.07. The molecule has 0 aliphatic carbocycles. The summed E-state index contributed by atoms with van der Waals surface area (Å²) in [4.78, 5) is 10.7. The number of rotatable bonds is 4. The molecule has 0 aliphatic rings. The Hall–Kier alpha value is -2.36. The highest BCUT2D eigenvalue weighted by molar-refractivity contribution is 5.78. The van der Waals surface area contributed by atoms with Gasteiger partial charge in [0.25, 0.3) is 0 Å². The van der Waals surface area contributed by atoms with Crippen LogP contribution in [0.25, 0.3) is 17.3 Å². The van der Waals surface area contributed by atoms with Crippen molar-refractivity contribution in [2.75, 3.05) is 0 Å². The molecule has 0 aliphatic heterocycles. The molecule has 17 heavy (non-hydrogen) atoms. The van der Waals surface area contributed by atoms with E-state index in [2.05, 4.69) is 10.2 Å².